The van der Waals surface area contributed by atoms with Gasteiger partial charge in [0.1, 0.15) is 11.9 Å². The van der Waals surface area contributed by atoms with Gasteiger partial charge in [0, 0.05) is 67.4 Å². The standard InChI is InChI=1S/C26H26N8/c1-18-22-16-33(24-6-5-20(13-27)26-21(24)3-2-8-29-26)17-23(22)31-34(18)15-19-4-7-25(30-14-19)32-11-9-28-10-12-32/h2-8,14,28H,9-12,15-17H2,1H3. The molecule has 0 atom stereocenters. The second kappa shape index (κ2) is 8.43. The van der Waals surface area contributed by atoms with Gasteiger partial charge in [-0.2, -0.15) is 10.4 Å². The van der Waals surface area contributed by atoms with Gasteiger partial charge in [0.2, 0.25) is 0 Å². The first-order valence-corrected chi connectivity index (χ1v) is 11.7. The van der Waals surface area contributed by atoms with Gasteiger partial charge >= 0.3 is 0 Å². The van der Waals surface area contributed by atoms with Gasteiger partial charge in [-0.1, -0.05) is 6.07 Å². The number of anilines is 2. The van der Waals surface area contributed by atoms with E-state index in [9.17, 15) is 5.26 Å². The lowest BCUT2D eigenvalue weighted by atomic mass is 10.1. The molecule has 0 bridgehead atoms. The predicted octanol–water partition coefficient (Wildman–Crippen LogP) is 2.98. The van der Waals surface area contributed by atoms with Crippen molar-refractivity contribution in [2.45, 2.75) is 26.6 Å². The summed E-state index contributed by atoms with van der Waals surface area (Å²) in [7, 11) is 0. The molecule has 1 fully saturated rings. The lowest BCUT2D eigenvalue weighted by Crippen LogP contribution is -2.43. The van der Waals surface area contributed by atoms with E-state index >= 15 is 0 Å². The molecule has 8 heteroatoms. The Kier molecular flexibility index (Phi) is 5.12. The fourth-order valence-corrected chi connectivity index (χ4v) is 5.02. The molecule has 1 aromatic carbocycles. The fourth-order valence-electron chi connectivity index (χ4n) is 5.02. The predicted molar refractivity (Wildman–Crippen MR) is 132 cm³/mol. The van der Waals surface area contributed by atoms with Gasteiger partial charge in [-0.25, -0.2) is 4.98 Å². The minimum Gasteiger partial charge on any atom is -0.361 e. The summed E-state index contributed by atoms with van der Waals surface area (Å²) < 4.78 is 2.10. The van der Waals surface area contributed by atoms with Crippen molar-refractivity contribution in [3.8, 4) is 6.07 Å². The van der Waals surface area contributed by atoms with Crippen LogP contribution in [0.4, 0.5) is 11.5 Å². The monoisotopic (exact) mass is 450 g/mol. The highest BCUT2D eigenvalue weighted by molar-refractivity contribution is 5.95. The zero-order valence-corrected chi connectivity index (χ0v) is 19.2. The maximum absolute atomic E-state index is 9.44. The van der Waals surface area contributed by atoms with E-state index in [1.54, 1.807) is 6.20 Å². The molecule has 1 N–H and O–H groups in total. The van der Waals surface area contributed by atoms with E-state index in [4.69, 9.17) is 10.1 Å². The Bertz CT molecular complexity index is 1390. The van der Waals surface area contributed by atoms with Crippen molar-refractivity contribution in [2.75, 3.05) is 36.0 Å². The highest BCUT2D eigenvalue weighted by Crippen LogP contribution is 2.35. The largest absolute Gasteiger partial charge is 0.361 e. The molecule has 0 spiro atoms. The van der Waals surface area contributed by atoms with Crippen molar-refractivity contribution in [2.24, 2.45) is 0 Å². The second-order valence-electron chi connectivity index (χ2n) is 8.93. The number of aromatic nitrogens is 4. The summed E-state index contributed by atoms with van der Waals surface area (Å²) in [5.41, 5.74) is 7.21. The topological polar surface area (TPSA) is 85.9 Å². The molecule has 0 saturated carbocycles. The van der Waals surface area contributed by atoms with Crippen LogP contribution in [-0.4, -0.2) is 45.9 Å². The van der Waals surface area contributed by atoms with E-state index in [0.717, 1.165) is 79.5 Å². The maximum Gasteiger partial charge on any atom is 0.128 e. The smallest absolute Gasteiger partial charge is 0.128 e. The Labute approximate surface area is 198 Å². The molecule has 34 heavy (non-hydrogen) atoms. The highest BCUT2D eigenvalue weighted by Gasteiger charge is 2.27. The van der Waals surface area contributed by atoms with Crippen molar-refractivity contribution in [1.29, 1.82) is 5.26 Å². The summed E-state index contributed by atoms with van der Waals surface area (Å²) in [6.45, 7) is 8.43. The number of piperazine rings is 1. The lowest BCUT2D eigenvalue weighted by Gasteiger charge is -2.28. The summed E-state index contributed by atoms with van der Waals surface area (Å²) in [6, 6.07) is 14.4. The Balaban J connectivity index is 1.21. The highest BCUT2D eigenvalue weighted by atomic mass is 15.3. The van der Waals surface area contributed by atoms with Crippen LogP contribution in [0.2, 0.25) is 0 Å². The normalized spacial score (nSPS) is 15.5. The molecule has 0 amide bonds. The number of fused-ring (bicyclic) bond motifs is 2. The van der Waals surface area contributed by atoms with Gasteiger partial charge in [0.25, 0.3) is 0 Å². The third kappa shape index (κ3) is 3.55. The molecule has 170 valence electrons. The molecule has 6 rings (SSSR count). The minimum atomic E-state index is 0.606. The van der Waals surface area contributed by atoms with Crippen molar-refractivity contribution >= 4 is 22.4 Å². The zero-order chi connectivity index (χ0) is 23.1. The van der Waals surface area contributed by atoms with Gasteiger partial charge in [0.05, 0.1) is 29.9 Å². The zero-order valence-electron chi connectivity index (χ0n) is 19.2. The maximum atomic E-state index is 9.44. The van der Waals surface area contributed by atoms with Crippen LogP contribution >= 0.6 is 0 Å². The second-order valence-corrected chi connectivity index (χ2v) is 8.93. The number of nitrogens with zero attached hydrogens (tertiary/aromatic N) is 7. The molecule has 0 radical (unpaired) electrons. The average Bonchev–Trinajstić information content (AvgIpc) is 3.43. The molecule has 1 saturated heterocycles. The van der Waals surface area contributed by atoms with Crippen LogP contribution in [0.25, 0.3) is 10.9 Å². The fraction of sp³-hybridized carbons (Fsp3) is 0.308. The molecule has 8 nitrogen and oxygen atoms in total. The summed E-state index contributed by atoms with van der Waals surface area (Å²) in [5, 5.41) is 18.8. The van der Waals surface area contributed by atoms with Crippen molar-refractivity contribution in [3.05, 3.63) is 76.9 Å². The average molecular weight is 451 g/mol. The Morgan fingerprint density at radius 3 is 2.68 bits per heavy atom. The first kappa shape index (κ1) is 20.6. The Hall–Kier alpha value is -3.96. The van der Waals surface area contributed by atoms with E-state index in [0.29, 0.717) is 5.56 Å². The first-order valence-electron chi connectivity index (χ1n) is 11.7. The Morgan fingerprint density at radius 2 is 1.91 bits per heavy atom. The van der Waals surface area contributed by atoms with Crippen LogP contribution in [0.15, 0.2) is 48.8 Å². The van der Waals surface area contributed by atoms with Crippen LogP contribution < -0.4 is 15.1 Å². The summed E-state index contributed by atoms with van der Waals surface area (Å²) in [4.78, 5) is 13.8. The van der Waals surface area contributed by atoms with E-state index in [-0.39, 0.29) is 0 Å². The third-order valence-electron chi connectivity index (χ3n) is 6.89. The minimum absolute atomic E-state index is 0.606. The van der Waals surface area contributed by atoms with Gasteiger partial charge in [-0.3, -0.25) is 9.67 Å². The molecule has 2 aliphatic heterocycles. The van der Waals surface area contributed by atoms with Gasteiger partial charge in [-0.05, 0) is 42.8 Å². The summed E-state index contributed by atoms with van der Waals surface area (Å²) in [5.74, 6) is 1.05. The summed E-state index contributed by atoms with van der Waals surface area (Å²) in [6.07, 6.45) is 3.72. The number of nitrogens with one attached hydrogen (secondary N) is 1. The van der Waals surface area contributed by atoms with Crippen LogP contribution in [0.3, 0.4) is 0 Å². The van der Waals surface area contributed by atoms with E-state index in [1.165, 1.54) is 11.3 Å². The number of benzene rings is 1. The van der Waals surface area contributed by atoms with Crippen LogP contribution in [-0.2, 0) is 19.6 Å². The van der Waals surface area contributed by atoms with Gasteiger partial charge < -0.3 is 15.1 Å². The third-order valence-corrected chi connectivity index (χ3v) is 6.89. The van der Waals surface area contributed by atoms with Crippen LogP contribution in [0.5, 0.6) is 0 Å². The van der Waals surface area contributed by atoms with Gasteiger partial charge in [0.15, 0.2) is 0 Å². The lowest BCUT2D eigenvalue weighted by molar-refractivity contribution is 0.584. The van der Waals surface area contributed by atoms with Crippen molar-refractivity contribution in [3.63, 3.8) is 0 Å². The summed E-state index contributed by atoms with van der Waals surface area (Å²) >= 11 is 0. The molecule has 4 aromatic rings. The van der Waals surface area contributed by atoms with Crippen LogP contribution in [0, 0.1) is 18.3 Å². The van der Waals surface area contributed by atoms with Crippen molar-refractivity contribution in [1.82, 2.24) is 25.1 Å². The molecule has 5 heterocycles. The molecule has 2 aliphatic rings. The van der Waals surface area contributed by atoms with Gasteiger partial charge in [-0.15, -0.1) is 0 Å². The molecule has 0 unspecified atom stereocenters. The van der Waals surface area contributed by atoms with Crippen molar-refractivity contribution < 1.29 is 0 Å². The number of hydrogen-bond donors (Lipinski definition) is 1. The quantitative estimate of drug-likeness (QED) is 0.512. The molecular formula is C26H26N8. The number of rotatable bonds is 4. The van der Waals surface area contributed by atoms with E-state index in [1.807, 2.05) is 30.5 Å². The molecular weight excluding hydrogens is 424 g/mol. The molecule has 0 aliphatic carbocycles. The first-order chi connectivity index (χ1) is 16.7. The number of nitriles is 1. The Morgan fingerprint density at radius 1 is 1.03 bits per heavy atom. The number of pyridine rings is 2. The SMILES string of the molecule is Cc1c2c(nn1Cc1ccc(N3CCNCC3)nc1)CN(c1ccc(C#N)c3ncccc13)C2. The van der Waals surface area contributed by atoms with E-state index < -0.39 is 0 Å². The van der Waals surface area contributed by atoms with Crippen LogP contribution in [0.1, 0.15) is 28.1 Å². The molecule has 3 aromatic heterocycles. The van der Waals surface area contributed by atoms with E-state index in [2.05, 4.69) is 49.9 Å². The number of hydrogen-bond acceptors (Lipinski definition) is 7.